The van der Waals surface area contributed by atoms with Crippen LogP contribution in [0.5, 0.6) is 0 Å². The first-order valence-electron chi connectivity index (χ1n) is 19.4. The third-order valence-corrected chi connectivity index (χ3v) is 11.5. The van der Waals surface area contributed by atoms with E-state index >= 15 is 0 Å². The van der Waals surface area contributed by atoms with Crippen LogP contribution in [0.1, 0.15) is 0 Å². The molecule has 0 saturated heterocycles. The van der Waals surface area contributed by atoms with Gasteiger partial charge in [0.15, 0.2) is 5.58 Å². The molecular formula is C53H33N3O. The van der Waals surface area contributed by atoms with Crippen molar-refractivity contribution in [2.24, 2.45) is 0 Å². The third kappa shape index (κ3) is 4.77. The molecular weight excluding hydrogens is 695 g/mol. The van der Waals surface area contributed by atoms with Crippen molar-refractivity contribution in [1.29, 1.82) is 0 Å². The average Bonchev–Trinajstić information content (AvgIpc) is 3.95. The zero-order valence-electron chi connectivity index (χ0n) is 30.8. The Morgan fingerprint density at radius 2 is 0.825 bits per heavy atom. The van der Waals surface area contributed by atoms with Gasteiger partial charge in [0, 0.05) is 49.4 Å². The summed E-state index contributed by atoms with van der Waals surface area (Å²) in [5.74, 6) is 0. The normalized spacial score (nSPS) is 11.9. The zero-order valence-corrected chi connectivity index (χ0v) is 30.8. The van der Waals surface area contributed by atoms with Crippen LogP contribution in [0, 0.1) is 0 Å². The second kappa shape index (κ2) is 12.4. The van der Waals surface area contributed by atoms with Crippen molar-refractivity contribution < 1.29 is 4.42 Å². The van der Waals surface area contributed by atoms with Gasteiger partial charge in [-0.2, -0.15) is 0 Å². The van der Waals surface area contributed by atoms with Crippen molar-refractivity contribution in [1.82, 2.24) is 14.1 Å². The van der Waals surface area contributed by atoms with E-state index in [1.54, 1.807) is 0 Å². The number of hydrogen-bond donors (Lipinski definition) is 0. The molecule has 4 aromatic heterocycles. The van der Waals surface area contributed by atoms with Gasteiger partial charge in [-0.3, -0.25) is 0 Å². The largest absolute Gasteiger partial charge is 0.454 e. The minimum Gasteiger partial charge on any atom is -0.454 e. The summed E-state index contributed by atoms with van der Waals surface area (Å²) in [5.41, 5.74) is 14.8. The lowest BCUT2D eigenvalue weighted by atomic mass is 10.00. The highest BCUT2D eigenvalue weighted by atomic mass is 16.3. The van der Waals surface area contributed by atoms with Gasteiger partial charge in [0.25, 0.3) is 0 Å². The van der Waals surface area contributed by atoms with E-state index in [1.165, 1.54) is 27.1 Å². The van der Waals surface area contributed by atoms with Crippen LogP contribution in [-0.2, 0) is 0 Å². The third-order valence-electron chi connectivity index (χ3n) is 11.5. The second-order valence-corrected chi connectivity index (χ2v) is 14.7. The minimum absolute atomic E-state index is 0.872. The van der Waals surface area contributed by atoms with E-state index in [1.807, 2.05) is 6.07 Å². The van der Waals surface area contributed by atoms with Crippen LogP contribution >= 0.6 is 0 Å². The van der Waals surface area contributed by atoms with Gasteiger partial charge in [0.1, 0.15) is 5.58 Å². The first-order chi connectivity index (χ1) is 28.3. The number of rotatable bonds is 5. The number of furan rings is 1. The predicted molar refractivity (Wildman–Crippen MR) is 237 cm³/mol. The number of pyridine rings is 1. The molecule has 0 aliphatic rings. The monoisotopic (exact) mass is 727 g/mol. The smallest absolute Gasteiger partial charge is 0.162 e. The molecule has 8 aromatic carbocycles. The van der Waals surface area contributed by atoms with E-state index < -0.39 is 0 Å². The van der Waals surface area contributed by atoms with Crippen LogP contribution in [-0.4, -0.2) is 14.1 Å². The Kier molecular flexibility index (Phi) is 6.89. The molecule has 0 atom stereocenters. The van der Waals surface area contributed by atoms with Gasteiger partial charge in [0.05, 0.1) is 38.8 Å². The highest BCUT2D eigenvalue weighted by Crippen LogP contribution is 2.49. The van der Waals surface area contributed by atoms with Crippen molar-refractivity contribution in [3.05, 3.63) is 200 Å². The Morgan fingerprint density at radius 1 is 0.351 bits per heavy atom. The number of para-hydroxylation sites is 4. The van der Waals surface area contributed by atoms with E-state index in [4.69, 9.17) is 9.40 Å². The number of benzene rings is 8. The highest BCUT2D eigenvalue weighted by Gasteiger charge is 2.27. The maximum atomic E-state index is 7.01. The van der Waals surface area contributed by atoms with Gasteiger partial charge in [-0.15, -0.1) is 0 Å². The fraction of sp³-hybridized carbons (Fsp3) is 0. The summed E-state index contributed by atoms with van der Waals surface area (Å²) in [4.78, 5) is 5.22. The van der Waals surface area contributed by atoms with Crippen LogP contribution in [0.3, 0.4) is 0 Å². The van der Waals surface area contributed by atoms with Crippen LogP contribution in [0.25, 0.3) is 111 Å². The Labute approximate surface area is 328 Å². The van der Waals surface area contributed by atoms with Crippen molar-refractivity contribution in [2.45, 2.75) is 0 Å². The maximum absolute atomic E-state index is 7.01. The summed E-state index contributed by atoms with van der Waals surface area (Å²) in [7, 11) is 0. The van der Waals surface area contributed by atoms with Gasteiger partial charge in [0.2, 0.25) is 0 Å². The molecule has 0 radical (unpaired) electrons. The van der Waals surface area contributed by atoms with Crippen molar-refractivity contribution in [3.63, 3.8) is 0 Å². The second-order valence-electron chi connectivity index (χ2n) is 14.7. The lowest BCUT2D eigenvalue weighted by Gasteiger charge is -2.13. The molecule has 0 spiro atoms. The quantitative estimate of drug-likeness (QED) is 0.177. The van der Waals surface area contributed by atoms with Crippen LogP contribution < -0.4 is 0 Å². The van der Waals surface area contributed by atoms with E-state index in [9.17, 15) is 0 Å². The summed E-state index contributed by atoms with van der Waals surface area (Å²) in [5, 5.41) is 7.03. The van der Waals surface area contributed by atoms with E-state index in [0.717, 1.165) is 83.5 Å². The molecule has 4 heterocycles. The molecule has 0 saturated carbocycles. The van der Waals surface area contributed by atoms with Crippen LogP contribution in [0.4, 0.5) is 0 Å². The first-order valence-corrected chi connectivity index (χ1v) is 19.4. The van der Waals surface area contributed by atoms with Crippen molar-refractivity contribution in [2.75, 3.05) is 0 Å². The van der Waals surface area contributed by atoms with E-state index in [0.29, 0.717) is 0 Å². The Morgan fingerprint density at radius 3 is 1.47 bits per heavy atom. The maximum Gasteiger partial charge on any atom is 0.162 e. The van der Waals surface area contributed by atoms with Gasteiger partial charge >= 0.3 is 0 Å². The summed E-state index contributed by atoms with van der Waals surface area (Å²) in [6, 6.07) is 71.0. The molecule has 0 N–H and O–H groups in total. The molecule has 0 unspecified atom stereocenters. The Balaban J connectivity index is 1.15. The minimum atomic E-state index is 0.872. The van der Waals surface area contributed by atoms with E-state index in [-0.39, 0.29) is 0 Å². The topological polar surface area (TPSA) is 35.9 Å². The number of nitrogens with zero attached hydrogens (tertiary/aromatic N) is 3. The lowest BCUT2D eigenvalue weighted by molar-refractivity contribution is 0.671. The van der Waals surface area contributed by atoms with Gasteiger partial charge in [-0.25, -0.2) is 4.98 Å². The summed E-state index contributed by atoms with van der Waals surface area (Å²) in [6.07, 6.45) is 0. The lowest BCUT2D eigenvalue weighted by Crippen LogP contribution is -1.96. The molecule has 0 amide bonds. The van der Waals surface area contributed by atoms with Gasteiger partial charge in [-0.05, 0) is 65.7 Å². The Hall–Kier alpha value is -7.69. The SMILES string of the molecule is c1ccc(-c2cc(-c3ccccc3)nc(-c3ccc(-n4c5ccccc5c5c6c7ccccc7n(-c7ccccc7)c6c6c7ccccc7oc6c54)cc3)c2)cc1. The Bertz CT molecular complexity index is 3430. The van der Waals surface area contributed by atoms with Crippen LogP contribution in [0.2, 0.25) is 0 Å². The number of aromatic nitrogens is 3. The molecule has 4 nitrogen and oxygen atoms in total. The van der Waals surface area contributed by atoms with Crippen molar-refractivity contribution in [3.8, 4) is 45.0 Å². The molecule has 0 fully saturated rings. The highest BCUT2D eigenvalue weighted by molar-refractivity contribution is 6.39. The number of hydrogen-bond acceptors (Lipinski definition) is 2. The number of fused-ring (bicyclic) bond motifs is 12. The van der Waals surface area contributed by atoms with Gasteiger partial charge < -0.3 is 13.6 Å². The first kappa shape index (κ1) is 31.6. The summed E-state index contributed by atoms with van der Waals surface area (Å²) < 4.78 is 11.8. The average molecular weight is 728 g/mol. The van der Waals surface area contributed by atoms with Crippen molar-refractivity contribution >= 4 is 65.6 Å². The molecule has 0 aliphatic carbocycles. The molecule has 12 aromatic rings. The van der Waals surface area contributed by atoms with Gasteiger partial charge in [-0.1, -0.05) is 146 Å². The predicted octanol–water partition coefficient (Wildman–Crippen LogP) is 14.2. The summed E-state index contributed by atoms with van der Waals surface area (Å²) in [6.45, 7) is 0. The fourth-order valence-corrected chi connectivity index (χ4v) is 9.01. The van der Waals surface area contributed by atoms with E-state index in [2.05, 4.69) is 203 Å². The molecule has 0 aliphatic heterocycles. The molecule has 12 rings (SSSR count). The molecule has 57 heavy (non-hydrogen) atoms. The van der Waals surface area contributed by atoms with Crippen LogP contribution in [0.15, 0.2) is 205 Å². The standard InChI is InChI=1S/C53H33N3O/c1-4-16-34(17-5-1)37-32-43(35-18-6-2-7-19-35)54-44(33-37)36-28-30-39(31-29-36)56-46-26-14-11-23-41(46)49-48-40-22-10-13-25-45(40)55(38-20-8-3-9-21-38)51(48)50-42-24-12-15-27-47(42)57-53(50)52(49)56/h1-33H. The molecule has 0 bridgehead atoms. The molecule has 266 valence electrons. The molecule has 4 heteroatoms. The summed E-state index contributed by atoms with van der Waals surface area (Å²) >= 11 is 0. The fourth-order valence-electron chi connectivity index (χ4n) is 9.01. The zero-order chi connectivity index (χ0) is 37.5.